The summed E-state index contributed by atoms with van der Waals surface area (Å²) in [6.45, 7) is 1.89. The van der Waals surface area contributed by atoms with Gasteiger partial charge in [-0.1, -0.05) is 13.3 Å². The topological polar surface area (TPSA) is 0 Å². The minimum atomic E-state index is -3.92. The lowest BCUT2D eigenvalue weighted by atomic mass is 10.4. The molecule has 0 bridgehead atoms. The number of unbranched alkanes of at least 4 members (excludes halogenated alkanes) is 1. The molecule has 0 saturated carbocycles. The van der Waals surface area contributed by atoms with Gasteiger partial charge in [0, 0.05) is 0 Å². The molecule has 56 valence electrons. The Kier molecular flexibility index (Phi) is 4.20. The Labute approximate surface area is 54.6 Å². The highest BCUT2D eigenvalue weighted by molar-refractivity contribution is 7.39. The summed E-state index contributed by atoms with van der Waals surface area (Å²) in [4.78, 5) is 0. The van der Waals surface area contributed by atoms with Crippen LogP contribution in [0.15, 0.2) is 0 Å². The maximum absolute atomic E-state index is 11.4. The van der Waals surface area contributed by atoms with E-state index in [-0.39, 0.29) is 0 Å². The minimum absolute atomic E-state index is 0.306. The van der Waals surface area contributed by atoms with Crippen molar-refractivity contribution in [2.75, 3.05) is 6.16 Å². The van der Waals surface area contributed by atoms with E-state index in [2.05, 4.69) is 0 Å². The second-order valence-electron chi connectivity index (χ2n) is 1.78. The van der Waals surface area contributed by atoms with Gasteiger partial charge in [0.05, 0.1) is 0 Å². The van der Waals surface area contributed by atoms with Gasteiger partial charge >= 0.3 is 5.92 Å². The van der Waals surface area contributed by atoms with Gasteiger partial charge in [-0.15, -0.1) is 0 Å². The molecule has 0 radical (unpaired) electrons. The fraction of sp³-hybridized carbons (Fsp3) is 1.00. The third kappa shape index (κ3) is 8.22. The predicted octanol–water partition coefficient (Wildman–Crippen LogP) is 2.98. The quantitative estimate of drug-likeness (QED) is 0.437. The summed E-state index contributed by atoms with van der Waals surface area (Å²) in [6.07, 6.45) is 1.85. The highest BCUT2D eigenvalue weighted by Gasteiger charge is 2.25. The standard InChI is InChI=1S/C5H10F3P/c1-2-3-4-9-5(6,7)8/h9H,2-4H2,1H3. The number of rotatable bonds is 3. The summed E-state index contributed by atoms with van der Waals surface area (Å²) in [5.74, 6) is -3.92. The highest BCUT2D eigenvalue weighted by Crippen LogP contribution is 2.36. The Morgan fingerprint density at radius 3 is 2.22 bits per heavy atom. The Balaban J connectivity index is 3.07. The maximum Gasteiger partial charge on any atom is 0.402 e. The summed E-state index contributed by atoms with van der Waals surface area (Å²) in [5.41, 5.74) is 0. The molecule has 0 saturated heterocycles. The normalized spacial score (nSPS) is 13.3. The van der Waals surface area contributed by atoms with Gasteiger partial charge in [-0.05, 0) is 21.2 Å². The van der Waals surface area contributed by atoms with E-state index in [1.165, 1.54) is 0 Å². The molecular weight excluding hydrogens is 148 g/mol. The van der Waals surface area contributed by atoms with Crippen LogP contribution in [0, 0.1) is 0 Å². The molecule has 0 heterocycles. The van der Waals surface area contributed by atoms with Crippen LogP contribution >= 0.6 is 8.58 Å². The number of hydrogen-bond acceptors (Lipinski definition) is 0. The van der Waals surface area contributed by atoms with Crippen LogP contribution in [-0.2, 0) is 0 Å². The molecular formula is C5H10F3P. The van der Waals surface area contributed by atoms with Crippen molar-refractivity contribution >= 4 is 8.58 Å². The lowest BCUT2D eigenvalue weighted by molar-refractivity contribution is -0.0370. The van der Waals surface area contributed by atoms with Crippen molar-refractivity contribution in [2.45, 2.75) is 25.7 Å². The van der Waals surface area contributed by atoms with Crippen molar-refractivity contribution < 1.29 is 13.2 Å². The van der Waals surface area contributed by atoms with Crippen molar-refractivity contribution in [3.8, 4) is 0 Å². The van der Waals surface area contributed by atoms with Gasteiger partial charge in [0.15, 0.2) is 0 Å². The van der Waals surface area contributed by atoms with Crippen LogP contribution in [0.1, 0.15) is 19.8 Å². The first-order valence-corrected chi connectivity index (χ1v) is 4.08. The second kappa shape index (κ2) is 4.10. The zero-order valence-corrected chi connectivity index (χ0v) is 6.26. The molecule has 0 aromatic carbocycles. The third-order valence-electron chi connectivity index (χ3n) is 0.856. The van der Waals surface area contributed by atoms with E-state index in [0.717, 1.165) is 6.42 Å². The third-order valence-corrected chi connectivity index (χ3v) is 1.86. The van der Waals surface area contributed by atoms with E-state index in [1.807, 2.05) is 6.92 Å². The molecule has 0 spiro atoms. The van der Waals surface area contributed by atoms with Gasteiger partial charge in [-0.25, -0.2) is 0 Å². The molecule has 0 fully saturated rings. The van der Waals surface area contributed by atoms with Gasteiger partial charge < -0.3 is 0 Å². The lowest BCUT2D eigenvalue weighted by Gasteiger charge is -2.03. The van der Waals surface area contributed by atoms with Gasteiger partial charge in [0.2, 0.25) is 0 Å². The Hall–Kier alpha value is 0.220. The molecule has 0 nitrogen and oxygen atoms in total. The first-order chi connectivity index (χ1) is 4.06. The predicted molar refractivity (Wildman–Crippen MR) is 34.1 cm³/mol. The molecule has 0 aromatic rings. The molecule has 0 aliphatic rings. The second-order valence-corrected chi connectivity index (χ2v) is 3.20. The smallest absolute Gasteiger partial charge is 0.167 e. The van der Waals surface area contributed by atoms with Crippen LogP contribution in [0.4, 0.5) is 13.2 Å². The van der Waals surface area contributed by atoms with E-state index < -0.39 is 14.5 Å². The lowest BCUT2D eigenvalue weighted by Crippen LogP contribution is -1.97. The first kappa shape index (κ1) is 9.22. The zero-order chi connectivity index (χ0) is 7.33. The Morgan fingerprint density at radius 2 is 1.89 bits per heavy atom. The molecule has 0 N–H and O–H groups in total. The number of hydrogen-bond donors (Lipinski definition) is 0. The van der Waals surface area contributed by atoms with Crippen molar-refractivity contribution in [3.05, 3.63) is 0 Å². The van der Waals surface area contributed by atoms with Gasteiger partial charge in [-0.3, -0.25) is 0 Å². The largest absolute Gasteiger partial charge is 0.402 e. The number of halogens is 3. The fourth-order valence-corrected chi connectivity index (χ4v) is 1.22. The van der Waals surface area contributed by atoms with E-state index in [0.29, 0.717) is 12.6 Å². The SMILES string of the molecule is CCCCPC(F)(F)F. The molecule has 1 unspecified atom stereocenters. The van der Waals surface area contributed by atoms with E-state index in [9.17, 15) is 13.2 Å². The van der Waals surface area contributed by atoms with E-state index in [4.69, 9.17) is 0 Å². The van der Waals surface area contributed by atoms with Gasteiger partial charge in [0.1, 0.15) is 0 Å². The van der Waals surface area contributed by atoms with Crippen molar-refractivity contribution in [3.63, 3.8) is 0 Å². The monoisotopic (exact) mass is 158 g/mol. The molecule has 0 aliphatic heterocycles. The molecule has 9 heavy (non-hydrogen) atoms. The molecule has 0 aliphatic carbocycles. The molecule has 1 atom stereocenters. The summed E-state index contributed by atoms with van der Waals surface area (Å²) in [7, 11) is -0.852. The zero-order valence-electron chi connectivity index (χ0n) is 5.26. The summed E-state index contributed by atoms with van der Waals surface area (Å²) in [6, 6.07) is 0. The summed E-state index contributed by atoms with van der Waals surface area (Å²) < 4.78 is 34.2. The van der Waals surface area contributed by atoms with Crippen molar-refractivity contribution in [1.29, 1.82) is 0 Å². The molecule has 4 heteroatoms. The maximum atomic E-state index is 11.4. The van der Waals surface area contributed by atoms with Crippen molar-refractivity contribution in [2.24, 2.45) is 0 Å². The van der Waals surface area contributed by atoms with Crippen LogP contribution in [0.5, 0.6) is 0 Å². The summed E-state index contributed by atoms with van der Waals surface area (Å²) >= 11 is 0. The van der Waals surface area contributed by atoms with E-state index >= 15 is 0 Å². The van der Waals surface area contributed by atoms with Crippen LogP contribution in [0.3, 0.4) is 0 Å². The van der Waals surface area contributed by atoms with Crippen LogP contribution in [0.25, 0.3) is 0 Å². The highest BCUT2D eigenvalue weighted by atomic mass is 31.1. The summed E-state index contributed by atoms with van der Waals surface area (Å²) in [5, 5.41) is 0. The molecule has 0 aromatic heterocycles. The molecule has 0 amide bonds. The van der Waals surface area contributed by atoms with Gasteiger partial charge in [-0.2, -0.15) is 13.2 Å². The van der Waals surface area contributed by atoms with E-state index in [1.54, 1.807) is 0 Å². The van der Waals surface area contributed by atoms with Crippen molar-refractivity contribution in [1.82, 2.24) is 0 Å². The van der Waals surface area contributed by atoms with Crippen LogP contribution in [0.2, 0.25) is 0 Å². The minimum Gasteiger partial charge on any atom is -0.167 e. The van der Waals surface area contributed by atoms with Gasteiger partial charge in [0.25, 0.3) is 0 Å². The Bertz CT molecular complexity index is 69.1. The Morgan fingerprint density at radius 1 is 1.33 bits per heavy atom. The van der Waals surface area contributed by atoms with Crippen LogP contribution in [-0.4, -0.2) is 12.1 Å². The van der Waals surface area contributed by atoms with Crippen LogP contribution < -0.4 is 0 Å². The average Bonchev–Trinajstić information content (AvgIpc) is 1.63. The number of alkyl halides is 3. The molecule has 0 rings (SSSR count). The average molecular weight is 158 g/mol. The fourth-order valence-electron chi connectivity index (χ4n) is 0.407. The first-order valence-electron chi connectivity index (χ1n) is 2.88.